The highest BCUT2D eigenvalue weighted by atomic mass is 19.1. The Morgan fingerprint density at radius 2 is 2.04 bits per heavy atom. The molecule has 0 bridgehead atoms. The van der Waals surface area contributed by atoms with E-state index in [2.05, 4.69) is 5.32 Å². The van der Waals surface area contributed by atoms with Crippen LogP contribution in [-0.2, 0) is 4.74 Å². The minimum atomic E-state index is -1.12. The summed E-state index contributed by atoms with van der Waals surface area (Å²) in [5.41, 5.74) is -1.65. The van der Waals surface area contributed by atoms with Gasteiger partial charge < -0.3 is 15.0 Å². The summed E-state index contributed by atoms with van der Waals surface area (Å²) in [6, 6.07) is 0.671. The van der Waals surface area contributed by atoms with Crippen molar-refractivity contribution in [1.82, 2.24) is 10.2 Å². The number of ether oxygens (including phenoxy) is 1. The number of nitro groups is 1. The largest absolute Gasteiger partial charge is 0.444 e. The van der Waals surface area contributed by atoms with Crippen molar-refractivity contribution in [3.05, 3.63) is 39.4 Å². The van der Waals surface area contributed by atoms with E-state index in [0.717, 1.165) is 6.07 Å². The van der Waals surface area contributed by atoms with Crippen molar-refractivity contribution >= 4 is 11.8 Å². The molecule has 1 aliphatic rings. The summed E-state index contributed by atoms with van der Waals surface area (Å²) < 4.78 is 33.2. The van der Waals surface area contributed by atoms with Gasteiger partial charge in [0.2, 0.25) is 5.82 Å². The van der Waals surface area contributed by atoms with E-state index in [-0.39, 0.29) is 12.1 Å². The summed E-state index contributed by atoms with van der Waals surface area (Å²) in [5, 5.41) is 13.6. The summed E-state index contributed by atoms with van der Waals surface area (Å²) in [7, 11) is 0. The monoisotopic (exact) mass is 343 g/mol. The van der Waals surface area contributed by atoms with Gasteiger partial charge in [0.05, 0.1) is 17.0 Å². The topological polar surface area (TPSA) is 84.7 Å². The first-order valence-corrected chi connectivity index (χ1v) is 7.43. The van der Waals surface area contributed by atoms with Crippen molar-refractivity contribution in [1.29, 1.82) is 0 Å². The quantitative estimate of drug-likeness (QED) is 0.659. The molecule has 1 aliphatic heterocycles. The van der Waals surface area contributed by atoms with E-state index in [1.165, 1.54) is 4.90 Å². The second kappa shape index (κ2) is 6.68. The summed E-state index contributed by atoms with van der Waals surface area (Å²) in [4.78, 5) is 23.2. The fraction of sp³-hybridized carbons (Fsp3) is 0.533. The van der Waals surface area contributed by atoms with Gasteiger partial charge in [0.1, 0.15) is 11.4 Å². The van der Waals surface area contributed by atoms with Gasteiger partial charge in [0, 0.05) is 25.2 Å². The number of hydrogen-bond donors (Lipinski definition) is 1. The van der Waals surface area contributed by atoms with E-state index < -0.39 is 40.0 Å². The first kappa shape index (κ1) is 18.1. The normalized spacial score (nSPS) is 18.4. The molecule has 1 aromatic carbocycles. The van der Waals surface area contributed by atoms with Crippen molar-refractivity contribution in [3.8, 4) is 0 Å². The molecule has 132 valence electrons. The van der Waals surface area contributed by atoms with Crippen LogP contribution in [0, 0.1) is 21.7 Å². The molecule has 1 fully saturated rings. The van der Waals surface area contributed by atoms with Gasteiger partial charge in [-0.15, -0.1) is 0 Å². The summed E-state index contributed by atoms with van der Waals surface area (Å²) >= 11 is 0. The van der Waals surface area contributed by atoms with Crippen LogP contribution in [0.3, 0.4) is 0 Å². The van der Waals surface area contributed by atoms with Crippen molar-refractivity contribution < 1.29 is 23.2 Å². The number of hydrogen-bond acceptors (Lipinski definition) is 5. The van der Waals surface area contributed by atoms with Crippen LogP contribution in [0.2, 0.25) is 0 Å². The third kappa shape index (κ3) is 4.16. The van der Waals surface area contributed by atoms with Crippen molar-refractivity contribution in [3.63, 3.8) is 0 Å². The van der Waals surface area contributed by atoms with Crippen LogP contribution in [0.25, 0.3) is 0 Å². The second-order valence-corrected chi connectivity index (χ2v) is 6.52. The molecular weight excluding hydrogens is 324 g/mol. The number of carbonyl (C=O) groups excluding carboxylic acids is 1. The molecule has 7 nitrogen and oxygen atoms in total. The molecule has 0 aromatic heterocycles. The van der Waals surface area contributed by atoms with Gasteiger partial charge in [-0.05, 0) is 26.8 Å². The van der Waals surface area contributed by atoms with Crippen LogP contribution in [0.5, 0.6) is 0 Å². The molecule has 1 saturated heterocycles. The lowest BCUT2D eigenvalue weighted by molar-refractivity contribution is -0.387. The Morgan fingerprint density at radius 1 is 1.38 bits per heavy atom. The van der Waals surface area contributed by atoms with Gasteiger partial charge in [-0.25, -0.2) is 9.18 Å². The van der Waals surface area contributed by atoms with E-state index in [1.807, 2.05) is 0 Å². The second-order valence-electron chi connectivity index (χ2n) is 6.52. The zero-order valence-electron chi connectivity index (χ0n) is 13.6. The predicted octanol–water partition coefficient (Wildman–Crippen LogP) is 2.75. The Bertz CT molecular complexity index is 661. The zero-order valence-corrected chi connectivity index (χ0v) is 13.6. The third-order valence-electron chi connectivity index (χ3n) is 3.47. The van der Waals surface area contributed by atoms with Gasteiger partial charge in [-0.2, -0.15) is 4.39 Å². The number of amides is 1. The Labute approximate surface area is 137 Å². The number of rotatable bonds is 2. The highest BCUT2D eigenvalue weighted by Crippen LogP contribution is 2.27. The Morgan fingerprint density at radius 3 is 2.62 bits per heavy atom. The molecule has 1 amide bonds. The molecule has 24 heavy (non-hydrogen) atoms. The molecular formula is C15H19F2N3O4. The van der Waals surface area contributed by atoms with Gasteiger partial charge in [0.15, 0.2) is 0 Å². The van der Waals surface area contributed by atoms with Crippen LogP contribution in [0.4, 0.5) is 19.3 Å². The van der Waals surface area contributed by atoms with E-state index >= 15 is 0 Å². The summed E-state index contributed by atoms with van der Waals surface area (Å²) in [6.45, 7) is 6.00. The molecule has 0 spiro atoms. The lowest BCUT2D eigenvalue weighted by Crippen LogP contribution is -2.49. The molecule has 1 N–H and O–H groups in total. The van der Waals surface area contributed by atoms with Gasteiger partial charge >= 0.3 is 11.8 Å². The molecule has 0 aliphatic carbocycles. The fourth-order valence-electron chi connectivity index (χ4n) is 2.41. The molecule has 0 saturated carbocycles. The number of halogens is 2. The van der Waals surface area contributed by atoms with E-state index in [9.17, 15) is 23.7 Å². The van der Waals surface area contributed by atoms with Crippen LogP contribution in [0.15, 0.2) is 12.1 Å². The minimum absolute atomic E-state index is 0.0636. The van der Waals surface area contributed by atoms with Gasteiger partial charge in [0.25, 0.3) is 0 Å². The Balaban J connectivity index is 2.19. The smallest absolute Gasteiger partial charge is 0.410 e. The number of piperazine rings is 1. The average molecular weight is 343 g/mol. The average Bonchev–Trinajstić information content (AvgIpc) is 2.47. The van der Waals surface area contributed by atoms with Crippen LogP contribution >= 0.6 is 0 Å². The lowest BCUT2D eigenvalue weighted by Gasteiger charge is -2.35. The highest BCUT2D eigenvalue weighted by Gasteiger charge is 2.30. The van der Waals surface area contributed by atoms with Crippen LogP contribution in [-0.4, -0.2) is 41.2 Å². The molecule has 1 aromatic rings. The molecule has 0 radical (unpaired) electrons. The number of nitro benzene ring substituents is 1. The number of nitrogens with one attached hydrogen (secondary N) is 1. The SMILES string of the molecule is CC(C)(C)OC(=O)N1CCNC(c2cc(F)c([N+](=O)[O-])cc2F)C1. The fourth-order valence-corrected chi connectivity index (χ4v) is 2.41. The van der Waals surface area contributed by atoms with Gasteiger partial charge in [-0.3, -0.25) is 10.1 Å². The molecule has 1 unspecified atom stereocenters. The Hall–Kier alpha value is -2.29. The summed E-state index contributed by atoms with van der Waals surface area (Å²) in [6.07, 6.45) is -0.545. The van der Waals surface area contributed by atoms with Gasteiger partial charge in [-0.1, -0.05) is 0 Å². The number of benzene rings is 1. The zero-order chi connectivity index (χ0) is 18.1. The first-order valence-electron chi connectivity index (χ1n) is 7.43. The standard InChI is InChI=1S/C15H19F2N3O4/c1-15(2,3)24-14(21)19-5-4-18-12(8-19)9-6-11(17)13(20(22)23)7-10(9)16/h6-7,12,18H,4-5,8H2,1-3H3. The van der Waals surface area contributed by atoms with E-state index in [0.29, 0.717) is 19.2 Å². The predicted molar refractivity (Wildman–Crippen MR) is 81.6 cm³/mol. The molecule has 2 rings (SSSR count). The maximum atomic E-state index is 14.1. The highest BCUT2D eigenvalue weighted by molar-refractivity contribution is 5.68. The maximum Gasteiger partial charge on any atom is 0.410 e. The minimum Gasteiger partial charge on any atom is -0.444 e. The lowest BCUT2D eigenvalue weighted by atomic mass is 10.0. The van der Waals surface area contributed by atoms with Crippen molar-refractivity contribution in [2.75, 3.05) is 19.6 Å². The first-order chi connectivity index (χ1) is 11.1. The summed E-state index contributed by atoms with van der Waals surface area (Å²) in [5.74, 6) is -2.01. The number of nitrogens with zero attached hydrogens (tertiary/aromatic N) is 2. The molecule has 1 heterocycles. The van der Waals surface area contributed by atoms with E-state index in [4.69, 9.17) is 4.74 Å². The third-order valence-corrected chi connectivity index (χ3v) is 3.47. The number of carbonyl (C=O) groups is 1. The van der Waals surface area contributed by atoms with Crippen LogP contribution in [0.1, 0.15) is 32.4 Å². The molecule has 9 heteroatoms. The van der Waals surface area contributed by atoms with E-state index in [1.54, 1.807) is 20.8 Å². The molecule has 1 atom stereocenters. The maximum absolute atomic E-state index is 14.1. The van der Waals surface area contributed by atoms with Crippen LogP contribution < -0.4 is 5.32 Å². The van der Waals surface area contributed by atoms with Crippen molar-refractivity contribution in [2.45, 2.75) is 32.4 Å². The van der Waals surface area contributed by atoms with Crippen molar-refractivity contribution in [2.24, 2.45) is 0 Å². The Kier molecular flexibility index (Phi) is 5.02.